The van der Waals surface area contributed by atoms with E-state index >= 15 is 0 Å². The summed E-state index contributed by atoms with van der Waals surface area (Å²) in [5, 5.41) is 10.7. The van der Waals surface area contributed by atoms with Crippen LogP contribution in [0.5, 0.6) is 0 Å². The van der Waals surface area contributed by atoms with E-state index in [-0.39, 0.29) is 11.6 Å². The van der Waals surface area contributed by atoms with Crippen molar-refractivity contribution in [3.05, 3.63) is 53.0 Å². The minimum absolute atomic E-state index is 0.00546. The predicted octanol–water partition coefficient (Wildman–Crippen LogP) is 2.08. The zero-order valence-corrected chi connectivity index (χ0v) is 17.2. The van der Waals surface area contributed by atoms with E-state index in [0.29, 0.717) is 28.7 Å². The van der Waals surface area contributed by atoms with Crippen molar-refractivity contribution in [2.45, 2.75) is 19.8 Å². The normalized spacial score (nSPS) is 19.4. The molecule has 8 nitrogen and oxygen atoms in total. The lowest BCUT2D eigenvalue weighted by atomic mass is 10.0. The molecule has 0 unspecified atom stereocenters. The Bertz CT molecular complexity index is 936. The topological polar surface area (TPSA) is 92.5 Å². The van der Waals surface area contributed by atoms with Gasteiger partial charge in [0.05, 0.1) is 5.70 Å². The Morgan fingerprint density at radius 1 is 0.900 bits per heavy atom. The van der Waals surface area contributed by atoms with Crippen LogP contribution in [0.25, 0.3) is 0 Å². The first-order valence-corrected chi connectivity index (χ1v) is 10.2. The molecule has 0 radical (unpaired) electrons. The molecular formula is C22H26N4O4. The highest BCUT2D eigenvalue weighted by molar-refractivity contribution is 6.22. The van der Waals surface area contributed by atoms with Gasteiger partial charge in [-0.15, -0.1) is 0 Å². The number of anilines is 1. The van der Waals surface area contributed by atoms with Gasteiger partial charge in [0.1, 0.15) is 11.4 Å². The molecule has 158 valence electrons. The SMILES string of the molecule is CC(C)c1ccc(NC(=O)O)cc1.O=C1C=C(N2CC2)C(=O)C(N2CC2)=C1N1CC1. The second-order valence-corrected chi connectivity index (χ2v) is 8.09. The number of amides is 1. The van der Waals surface area contributed by atoms with Crippen LogP contribution >= 0.6 is 0 Å². The lowest BCUT2D eigenvalue weighted by molar-refractivity contribution is -0.117. The van der Waals surface area contributed by atoms with Crippen LogP contribution in [0.15, 0.2) is 47.4 Å². The Balaban J connectivity index is 0.000000152. The molecule has 5 rings (SSSR count). The van der Waals surface area contributed by atoms with Gasteiger partial charge in [-0.3, -0.25) is 14.9 Å². The number of carbonyl (C=O) groups is 3. The minimum atomic E-state index is -1.03. The number of hydrogen-bond donors (Lipinski definition) is 2. The van der Waals surface area contributed by atoms with Crippen LogP contribution in [0.4, 0.5) is 10.5 Å². The van der Waals surface area contributed by atoms with E-state index in [1.54, 1.807) is 12.1 Å². The summed E-state index contributed by atoms with van der Waals surface area (Å²) in [5.74, 6) is 0.520. The molecule has 0 aromatic heterocycles. The van der Waals surface area contributed by atoms with Gasteiger partial charge in [0.25, 0.3) is 0 Å². The number of hydrogen-bond acceptors (Lipinski definition) is 6. The number of nitrogens with one attached hydrogen (secondary N) is 1. The van der Waals surface area contributed by atoms with Gasteiger partial charge in [0.15, 0.2) is 0 Å². The summed E-state index contributed by atoms with van der Waals surface area (Å²) in [6.07, 6.45) is 0.494. The van der Waals surface area contributed by atoms with E-state index in [4.69, 9.17) is 5.11 Å². The number of carbonyl (C=O) groups excluding carboxylic acids is 2. The number of nitrogens with zero attached hydrogens (tertiary/aromatic N) is 3. The third kappa shape index (κ3) is 4.48. The first-order chi connectivity index (χ1) is 14.3. The molecule has 0 spiro atoms. The maximum Gasteiger partial charge on any atom is 0.409 e. The zero-order chi connectivity index (χ0) is 21.4. The van der Waals surface area contributed by atoms with Gasteiger partial charge in [-0.05, 0) is 23.6 Å². The molecule has 1 aromatic carbocycles. The van der Waals surface area contributed by atoms with Gasteiger partial charge in [0.2, 0.25) is 11.6 Å². The third-order valence-corrected chi connectivity index (χ3v) is 5.32. The maximum absolute atomic E-state index is 12.4. The summed E-state index contributed by atoms with van der Waals surface area (Å²) in [4.78, 5) is 40.7. The highest BCUT2D eigenvalue weighted by Gasteiger charge is 2.43. The number of carboxylic acid groups (broad SMARTS) is 1. The number of allylic oxidation sites excluding steroid dienone is 1. The maximum atomic E-state index is 12.4. The molecule has 3 saturated heterocycles. The fraction of sp³-hybridized carbons (Fsp3) is 0.409. The van der Waals surface area contributed by atoms with Crippen molar-refractivity contribution in [1.29, 1.82) is 0 Å². The van der Waals surface area contributed by atoms with E-state index in [9.17, 15) is 14.4 Å². The van der Waals surface area contributed by atoms with Gasteiger partial charge in [-0.2, -0.15) is 0 Å². The fourth-order valence-corrected chi connectivity index (χ4v) is 3.35. The van der Waals surface area contributed by atoms with Gasteiger partial charge >= 0.3 is 6.09 Å². The second-order valence-electron chi connectivity index (χ2n) is 8.09. The van der Waals surface area contributed by atoms with E-state index in [1.807, 2.05) is 26.8 Å². The van der Waals surface area contributed by atoms with Crippen molar-refractivity contribution in [2.75, 3.05) is 44.6 Å². The van der Waals surface area contributed by atoms with E-state index < -0.39 is 6.09 Å². The fourth-order valence-electron chi connectivity index (χ4n) is 3.35. The number of benzene rings is 1. The van der Waals surface area contributed by atoms with Gasteiger partial charge < -0.3 is 19.8 Å². The summed E-state index contributed by atoms with van der Waals surface area (Å²) in [7, 11) is 0. The highest BCUT2D eigenvalue weighted by Crippen LogP contribution is 2.33. The molecule has 3 heterocycles. The molecule has 2 N–H and O–H groups in total. The van der Waals surface area contributed by atoms with E-state index in [1.165, 1.54) is 11.6 Å². The molecule has 1 aliphatic carbocycles. The molecule has 4 aliphatic rings. The average molecular weight is 410 g/mol. The van der Waals surface area contributed by atoms with Gasteiger partial charge in [-0.25, -0.2) is 4.79 Å². The van der Waals surface area contributed by atoms with Crippen molar-refractivity contribution < 1.29 is 19.5 Å². The largest absolute Gasteiger partial charge is 0.465 e. The van der Waals surface area contributed by atoms with E-state index in [2.05, 4.69) is 19.2 Å². The first-order valence-electron chi connectivity index (χ1n) is 10.2. The third-order valence-electron chi connectivity index (χ3n) is 5.32. The quantitative estimate of drug-likeness (QED) is 0.567. The highest BCUT2D eigenvalue weighted by atomic mass is 16.4. The van der Waals surface area contributed by atoms with Crippen LogP contribution in [0.1, 0.15) is 25.3 Å². The lowest BCUT2D eigenvalue weighted by Crippen LogP contribution is -2.29. The summed E-state index contributed by atoms with van der Waals surface area (Å²) >= 11 is 0. The summed E-state index contributed by atoms with van der Waals surface area (Å²) < 4.78 is 0. The van der Waals surface area contributed by atoms with Gasteiger partial charge in [-0.1, -0.05) is 26.0 Å². The first kappa shape index (κ1) is 20.0. The van der Waals surface area contributed by atoms with Crippen LogP contribution in [-0.2, 0) is 9.59 Å². The summed E-state index contributed by atoms with van der Waals surface area (Å²) in [6, 6.07) is 7.39. The van der Waals surface area contributed by atoms with Crippen LogP contribution in [-0.4, -0.2) is 76.7 Å². The summed E-state index contributed by atoms with van der Waals surface area (Å²) in [5.41, 5.74) is 3.70. The number of Topliss-reactive ketones (excluding diaryl/α,β-unsaturated/α-hetero) is 1. The smallest absolute Gasteiger partial charge is 0.409 e. The van der Waals surface area contributed by atoms with Crippen molar-refractivity contribution >= 4 is 23.3 Å². The monoisotopic (exact) mass is 410 g/mol. The minimum Gasteiger partial charge on any atom is -0.465 e. The Morgan fingerprint density at radius 2 is 1.43 bits per heavy atom. The van der Waals surface area contributed by atoms with E-state index in [0.717, 1.165) is 39.3 Å². The Morgan fingerprint density at radius 3 is 1.90 bits per heavy atom. The van der Waals surface area contributed by atoms with Crippen LogP contribution < -0.4 is 5.32 Å². The predicted molar refractivity (Wildman–Crippen MR) is 112 cm³/mol. The van der Waals surface area contributed by atoms with Crippen LogP contribution in [0, 0.1) is 0 Å². The number of ketones is 2. The van der Waals surface area contributed by atoms with Crippen molar-refractivity contribution in [1.82, 2.24) is 14.7 Å². The van der Waals surface area contributed by atoms with Crippen LogP contribution in [0.2, 0.25) is 0 Å². The Labute approximate surface area is 175 Å². The Hall–Kier alpha value is -3.29. The molecule has 0 bridgehead atoms. The standard InChI is InChI=1S/C12H13N3O2.C10H13NO2/c16-9-7-8(13-1-2-13)12(17)11(15-5-6-15)10(9)14-3-4-14;1-7(2)8-3-5-9(6-4-8)11-10(12)13/h7H,1-6H2;3-7,11H,1-2H3,(H,12,13). The molecule has 8 heteroatoms. The van der Waals surface area contributed by atoms with Crippen molar-refractivity contribution in [3.63, 3.8) is 0 Å². The molecule has 3 fully saturated rings. The summed E-state index contributed by atoms with van der Waals surface area (Å²) in [6.45, 7) is 9.60. The average Bonchev–Trinajstić information content (AvgIpc) is 3.56. The number of rotatable bonds is 5. The van der Waals surface area contributed by atoms with Crippen molar-refractivity contribution in [2.24, 2.45) is 0 Å². The second kappa shape index (κ2) is 7.85. The zero-order valence-electron chi connectivity index (χ0n) is 17.2. The van der Waals surface area contributed by atoms with Gasteiger partial charge in [0, 0.05) is 51.0 Å². The Kier molecular flexibility index (Phi) is 5.24. The van der Waals surface area contributed by atoms with Crippen LogP contribution in [0.3, 0.4) is 0 Å². The molecule has 0 saturated carbocycles. The molecule has 0 atom stereocenters. The molecule has 3 aliphatic heterocycles. The molecule has 1 aromatic rings. The molecule has 1 amide bonds. The lowest BCUT2D eigenvalue weighted by Gasteiger charge is -2.21. The molecule has 30 heavy (non-hydrogen) atoms. The van der Waals surface area contributed by atoms with Crippen molar-refractivity contribution in [3.8, 4) is 0 Å². The molecular weight excluding hydrogens is 384 g/mol.